The van der Waals surface area contributed by atoms with E-state index in [9.17, 15) is 33.0 Å². The third kappa shape index (κ3) is 9.92. The van der Waals surface area contributed by atoms with Crippen LogP contribution in [0.25, 0.3) is 0 Å². The highest BCUT2D eigenvalue weighted by atomic mass is 32.2. The lowest BCUT2D eigenvalue weighted by molar-refractivity contribution is -0.131. The molecular weight excluding hydrogens is 536 g/mol. The van der Waals surface area contributed by atoms with Crippen LogP contribution in [-0.4, -0.2) is 73.1 Å². The lowest BCUT2D eigenvalue weighted by Gasteiger charge is -2.26. The second-order valence-electron chi connectivity index (χ2n) is 10.2. The Morgan fingerprint density at radius 1 is 0.950 bits per heavy atom. The molecule has 0 aromatic heterocycles. The normalized spacial score (nSPS) is 13.8. The average molecular weight is 577 g/mol. The van der Waals surface area contributed by atoms with Gasteiger partial charge in [-0.15, -0.1) is 0 Å². The van der Waals surface area contributed by atoms with Crippen LogP contribution < -0.4 is 21.7 Å². The number of amides is 3. The number of phenolic OH excluding ortho intramolecular Hbond substituents is 1. The molecule has 0 saturated heterocycles. The standard InChI is InChI=1S/C28H40N4O7S/c1-17(2)25(32-26(35)22-6-5-7-24(34)18(22)3)28(37)31-23(16-33)27(36)30-21(12-13-40(4,38)39)14-19-8-10-20(15-29)11-9-19/h5-11,17,21,23,25,33-34H,12-16,29H2,1-4H3,(H,30,36)(H,31,37)(H,32,35)/t21-,23+,25+/m1/s1. The van der Waals surface area contributed by atoms with Gasteiger partial charge < -0.3 is 31.9 Å². The van der Waals surface area contributed by atoms with Crippen molar-refractivity contribution in [3.8, 4) is 5.75 Å². The number of nitrogens with one attached hydrogen (secondary N) is 3. The maximum Gasteiger partial charge on any atom is 0.252 e. The first kappa shape index (κ1) is 32.7. The maximum atomic E-state index is 13.1. The van der Waals surface area contributed by atoms with Gasteiger partial charge in [0.1, 0.15) is 27.7 Å². The van der Waals surface area contributed by atoms with Crippen LogP contribution in [0.2, 0.25) is 0 Å². The van der Waals surface area contributed by atoms with E-state index in [-0.39, 0.29) is 29.4 Å². The first-order valence-electron chi connectivity index (χ1n) is 13.0. The van der Waals surface area contributed by atoms with E-state index in [2.05, 4.69) is 16.0 Å². The number of aliphatic hydroxyl groups is 1. The Hall–Kier alpha value is -3.48. The molecule has 40 heavy (non-hydrogen) atoms. The highest BCUT2D eigenvalue weighted by Crippen LogP contribution is 2.20. The Labute approximate surface area is 235 Å². The number of hydrogen-bond donors (Lipinski definition) is 6. The summed E-state index contributed by atoms with van der Waals surface area (Å²) < 4.78 is 23.6. The van der Waals surface area contributed by atoms with Gasteiger partial charge in [-0.2, -0.15) is 0 Å². The molecule has 12 heteroatoms. The summed E-state index contributed by atoms with van der Waals surface area (Å²) in [5, 5.41) is 27.7. The third-order valence-corrected chi connectivity index (χ3v) is 7.50. The van der Waals surface area contributed by atoms with Crippen molar-refractivity contribution >= 4 is 27.6 Å². The predicted molar refractivity (Wildman–Crippen MR) is 152 cm³/mol. The molecule has 0 bridgehead atoms. The predicted octanol–water partition coefficient (Wildman–Crippen LogP) is 0.553. The second-order valence-corrected chi connectivity index (χ2v) is 12.5. The Balaban J connectivity index is 2.14. The number of rotatable bonds is 14. The molecule has 0 radical (unpaired) electrons. The van der Waals surface area contributed by atoms with E-state index in [0.717, 1.165) is 17.4 Å². The quantitative estimate of drug-likeness (QED) is 0.188. The fraction of sp³-hybridized carbons (Fsp3) is 0.464. The highest BCUT2D eigenvalue weighted by molar-refractivity contribution is 7.90. The number of carbonyl (C=O) groups excluding carboxylic acids is 3. The van der Waals surface area contributed by atoms with Gasteiger partial charge in [0.25, 0.3) is 5.91 Å². The highest BCUT2D eigenvalue weighted by Gasteiger charge is 2.30. The Morgan fingerprint density at radius 3 is 2.12 bits per heavy atom. The molecule has 2 aromatic carbocycles. The van der Waals surface area contributed by atoms with Crippen molar-refractivity contribution in [2.75, 3.05) is 18.6 Å². The molecule has 3 amide bonds. The summed E-state index contributed by atoms with van der Waals surface area (Å²) in [5.74, 6) is -2.54. The van der Waals surface area contributed by atoms with E-state index in [1.54, 1.807) is 20.8 Å². The molecule has 0 unspecified atom stereocenters. The van der Waals surface area contributed by atoms with Crippen LogP contribution in [0.15, 0.2) is 42.5 Å². The number of aromatic hydroxyl groups is 1. The number of sulfone groups is 1. The number of aliphatic hydroxyl groups excluding tert-OH is 1. The molecule has 0 fully saturated rings. The summed E-state index contributed by atoms with van der Waals surface area (Å²) in [6, 6.07) is 8.89. The molecule has 0 saturated carbocycles. The lowest BCUT2D eigenvalue weighted by Crippen LogP contribution is -2.57. The molecule has 7 N–H and O–H groups in total. The molecule has 0 aliphatic rings. The summed E-state index contributed by atoms with van der Waals surface area (Å²) in [6.45, 7) is 4.66. The minimum absolute atomic E-state index is 0.0593. The van der Waals surface area contributed by atoms with E-state index in [1.807, 2.05) is 24.3 Å². The Morgan fingerprint density at radius 2 is 1.57 bits per heavy atom. The molecule has 0 aliphatic heterocycles. The summed E-state index contributed by atoms with van der Waals surface area (Å²) >= 11 is 0. The summed E-state index contributed by atoms with van der Waals surface area (Å²) in [7, 11) is -3.31. The van der Waals surface area contributed by atoms with Crippen molar-refractivity contribution in [2.45, 2.75) is 58.3 Å². The molecule has 11 nitrogen and oxygen atoms in total. The fourth-order valence-corrected chi connectivity index (χ4v) is 4.77. The van der Waals surface area contributed by atoms with Crippen molar-refractivity contribution in [1.29, 1.82) is 0 Å². The molecular formula is C28H40N4O7S. The first-order chi connectivity index (χ1) is 18.7. The van der Waals surface area contributed by atoms with Gasteiger partial charge in [0.05, 0.1) is 12.4 Å². The average Bonchev–Trinajstić information content (AvgIpc) is 2.89. The molecule has 3 atom stereocenters. The van der Waals surface area contributed by atoms with Crippen LogP contribution in [0, 0.1) is 12.8 Å². The lowest BCUT2D eigenvalue weighted by atomic mass is 10.0. The van der Waals surface area contributed by atoms with Crippen molar-refractivity contribution in [1.82, 2.24) is 16.0 Å². The number of phenols is 1. The smallest absolute Gasteiger partial charge is 0.252 e. The SMILES string of the molecule is Cc1c(O)cccc1C(=O)N[C@H](C(=O)N[C@@H](CO)C(=O)N[C@H](CCS(C)(=O)=O)Cc1ccc(CN)cc1)C(C)C. The third-order valence-electron chi connectivity index (χ3n) is 6.53. The molecule has 220 valence electrons. The van der Waals surface area contributed by atoms with Gasteiger partial charge in [0, 0.05) is 30.0 Å². The molecule has 0 spiro atoms. The zero-order chi connectivity index (χ0) is 30.0. The Bertz CT molecular complexity index is 1280. The van der Waals surface area contributed by atoms with Crippen LogP contribution in [0.5, 0.6) is 5.75 Å². The summed E-state index contributed by atoms with van der Waals surface area (Å²) in [5.41, 5.74) is 7.97. The van der Waals surface area contributed by atoms with Crippen molar-refractivity contribution in [2.24, 2.45) is 11.7 Å². The molecule has 2 rings (SSSR count). The van der Waals surface area contributed by atoms with Crippen LogP contribution in [0.3, 0.4) is 0 Å². The van der Waals surface area contributed by atoms with Crippen LogP contribution in [0.4, 0.5) is 0 Å². The van der Waals surface area contributed by atoms with Gasteiger partial charge in [-0.05, 0) is 48.9 Å². The van der Waals surface area contributed by atoms with E-state index in [0.29, 0.717) is 18.5 Å². The van der Waals surface area contributed by atoms with Crippen LogP contribution in [-0.2, 0) is 32.4 Å². The summed E-state index contributed by atoms with van der Waals surface area (Å²) in [4.78, 5) is 39.1. The minimum Gasteiger partial charge on any atom is -0.508 e. The molecule has 0 heterocycles. The number of hydrogen-bond acceptors (Lipinski definition) is 8. The number of nitrogens with two attached hydrogens (primary N) is 1. The summed E-state index contributed by atoms with van der Waals surface area (Å²) in [6.07, 6.45) is 1.56. The second kappa shape index (κ2) is 14.8. The van der Waals surface area contributed by atoms with Gasteiger partial charge in [0.2, 0.25) is 11.8 Å². The van der Waals surface area contributed by atoms with Crippen molar-refractivity contribution in [3.63, 3.8) is 0 Å². The molecule has 0 aliphatic carbocycles. The van der Waals surface area contributed by atoms with Gasteiger partial charge in [-0.1, -0.05) is 44.2 Å². The van der Waals surface area contributed by atoms with Gasteiger partial charge in [-0.25, -0.2) is 8.42 Å². The van der Waals surface area contributed by atoms with Gasteiger partial charge in [-0.3, -0.25) is 14.4 Å². The topological polar surface area (TPSA) is 188 Å². The van der Waals surface area contributed by atoms with E-state index < -0.39 is 52.3 Å². The van der Waals surface area contributed by atoms with Gasteiger partial charge >= 0.3 is 0 Å². The van der Waals surface area contributed by atoms with E-state index in [4.69, 9.17) is 5.73 Å². The largest absolute Gasteiger partial charge is 0.508 e. The zero-order valence-corrected chi connectivity index (χ0v) is 24.1. The molecule has 2 aromatic rings. The van der Waals surface area contributed by atoms with Crippen molar-refractivity contribution in [3.05, 3.63) is 64.7 Å². The van der Waals surface area contributed by atoms with Gasteiger partial charge in [0.15, 0.2) is 0 Å². The van der Waals surface area contributed by atoms with E-state index >= 15 is 0 Å². The van der Waals surface area contributed by atoms with Crippen LogP contribution in [0.1, 0.15) is 47.3 Å². The monoisotopic (exact) mass is 576 g/mol. The first-order valence-corrected chi connectivity index (χ1v) is 15.1. The maximum absolute atomic E-state index is 13.1. The van der Waals surface area contributed by atoms with Crippen LogP contribution >= 0.6 is 0 Å². The van der Waals surface area contributed by atoms with E-state index in [1.165, 1.54) is 18.2 Å². The fourth-order valence-electron chi connectivity index (χ4n) is 4.06. The zero-order valence-electron chi connectivity index (χ0n) is 23.3. The number of benzene rings is 2. The van der Waals surface area contributed by atoms with Crippen molar-refractivity contribution < 1.29 is 33.0 Å². The number of carbonyl (C=O) groups is 3. The Kier molecular flexibility index (Phi) is 12.1. The minimum atomic E-state index is -3.31.